The van der Waals surface area contributed by atoms with Gasteiger partial charge in [-0.3, -0.25) is 0 Å². The molecule has 9 heteroatoms. The van der Waals surface area contributed by atoms with Crippen LogP contribution in [0.4, 0.5) is 16.2 Å². The monoisotopic (exact) mass is 577 g/mol. The summed E-state index contributed by atoms with van der Waals surface area (Å²) in [4.78, 5) is 27.9. The molecule has 5 rings (SSSR count). The summed E-state index contributed by atoms with van der Waals surface area (Å²) in [6.07, 6.45) is 2.03. The number of amides is 2. The lowest BCUT2D eigenvalue weighted by Crippen LogP contribution is -2.35. The highest BCUT2D eigenvalue weighted by molar-refractivity contribution is 6.30. The minimum Gasteiger partial charge on any atom is -0.496 e. The number of piperidine rings is 1. The summed E-state index contributed by atoms with van der Waals surface area (Å²) < 4.78 is 17.3. The Morgan fingerprint density at radius 2 is 1.73 bits per heavy atom. The van der Waals surface area contributed by atoms with Gasteiger partial charge in [-0.05, 0) is 80.9 Å². The first-order valence-electron chi connectivity index (χ1n) is 13.8. The van der Waals surface area contributed by atoms with Gasteiger partial charge >= 0.3 is 11.7 Å². The molecule has 216 valence electrons. The average molecular weight is 578 g/mol. The molecule has 0 atom stereocenters. The summed E-state index contributed by atoms with van der Waals surface area (Å²) in [5.41, 5.74) is 2.70. The molecule has 41 heavy (non-hydrogen) atoms. The maximum absolute atomic E-state index is 12.8. The first-order valence-corrected chi connectivity index (χ1v) is 14.1. The lowest BCUT2D eigenvalue weighted by Gasteiger charge is -2.29. The van der Waals surface area contributed by atoms with E-state index in [9.17, 15) is 9.59 Å². The van der Waals surface area contributed by atoms with E-state index in [2.05, 4.69) is 22.6 Å². The molecule has 0 unspecified atom stereocenters. The van der Waals surface area contributed by atoms with Crippen molar-refractivity contribution in [1.29, 1.82) is 0 Å². The van der Waals surface area contributed by atoms with Crippen molar-refractivity contribution >= 4 is 40.0 Å². The van der Waals surface area contributed by atoms with E-state index in [1.807, 2.05) is 51.1 Å². The fraction of sp³-hybridized carbons (Fsp3) is 0.312. The molecule has 2 N–H and O–H groups in total. The quantitative estimate of drug-likeness (QED) is 0.230. The Kier molecular flexibility index (Phi) is 9.91. The number of carbonyl (C=O) groups excluding carboxylic acids is 1. The van der Waals surface area contributed by atoms with E-state index in [4.69, 9.17) is 25.5 Å². The molecule has 0 spiro atoms. The predicted molar refractivity (Wildman–Crippen MR) is 166 cm³/mol. The Morgan fingerprint density at radius 3 is 2.44 bits per heavy atom. The number of hydrogen-bond donors (Lipinski definition) is 2. The fourth-order valence-electron chi connectivity index (χ4n) is 4.75. The number of likely N-dealkylation sites (tertiary alicyclic amines) is 1. The van der Waals surface area contributed by atoms with Crippen molar-refractivity contribution in [2.75, 3.05) is 37.9 Å². The summed E-state index contributed by atoms with van der Waals surface area (Å²) in [5.74, 6) is 1.33. The maximum Gasteiger partial charge on any atom is 0.360 e. The molecule has 4 aromatic rings. The van der Waals surface area contributed by atoms with E-state index >= 15 is 0 Å². The molecule has 2 amide bonds. The van der Waals surface area contributed by atoms with Crippen LogP contribution in [-0.4, -0.2) is 44.3 Å². The average Bonchev–Trinajstić information content (AvgIpc) is 2.97. The Bertz CT molecular complexity index is 1580. The van der Waals surface area contributed by atoms with Crippen LogP contribution in [0.25, 0.3) is 22.1 Å². The molecular weight excluding hydrogens is 542 g/mol. The zero-order valence-electron chi connectivity index (χ0n) is 24.0. The first-order chi connectivity index (χ1) is 19.8. The minimum absolute atomic E-state index is 0.0342. The third kappa shape index (κ3) is 7.20. The summed E-state index contributed by atoms with van der Waals surface area (Å²) in [5, 5.41) is 6.65. The Balaban J connectivity index is 0.00000189. The first kappa shape index (κ1) is 30.0. The summed E-state index contributed by atoms with van der Waals surface area (Å²) in [6, 6.07) is 17.3. The highest BCUT2D eigenvalue weighted by Crippen LogP contribution is 2.34. The van der Waals surface area contributed by atoms with Gasteiger partial charge in [0.15, 0.2) is 0 Å². The molecule has 1 saturated heterocycles. The fourth-order valence-corrected chi connectivity index (χ4v) is 4.95. The van der Waals surface area contributed by atoms with Crippen LogP contribution in [-0.2, 0) is 0 Å². The van der Waals surface area contributed by atoms with Crippen LogP contribution >= 0.6 is 11.6 Å². The smallest absolute Gasteiger partial charge is 0.360 e. The van der Waals surface area contributed by atoms with Crippen molar-refractivity contribution in [3.63, 3.8) is 0 Å². The lowest BCUT2D eigenvalue weighted by atomic mass is 10.0. The summed E-state index contributed by atoms with van der Waals surface area (Å²) >= 11 is 6.16. The maximum atomic E-state index is 12.8. The van der Waals surface area contributed by atoms with Crippen LogP contribution in [0.1, 0.15) is 32.3 Å². The molecule has 8 nitrogen and oxygen atoms in total. The van der Waals surface area contributed by atoms with Crippen LogP contribution in [0.5, 0.6) is 11.5 Å². The number of rotatable bonds is 6. The summed E-state index contributed by atoms with van der Waals surface area (Å²) in [6.45, 7) is 7.85. The van der Waals surface area contributed by atoms with Crippen molar-refractivity contribution in [1.82, 2.24) is 4.90 Å². The van der Waals surface area contributed by atoms with Gasteiger partial charge in [0.2, 0.25) is 0 Å². The van der Waals surface area contributed by atoms with Gasteiger partial charge in [-0.2, -0.15) is 0 Å². The number of nitrogens with zero attached hydrogens (tertiary/aromatic N) is 1. The number of methoxy groups -OCH3 is 1. The van der Waals surface area contributed by atoms with E-state index in [-0.39, 0.29) is 11.8 Å². The molecule has 2 heterocycles. The molecule has 1 fully saturated rings. The van der Waals surface area contributed by atoms with Gasteiger partial charge in [-0.15, -0.1) is 0 Å². The molecule has 1 aliphatic rings. The molecule has 0 saturated carbocycles. The van der Waals surface area contributed by atoms with Crippen molar-refractivity contribution < 1.29 is 18.7 Å². The zero-order valence-corrected chi connectivity index (χ0v) is 24.8. The van der Waals surface area contributed by atoms with Crippen molar-refractivity contribution in [2.24, 2.45) is 0 Å². The van der Waals surface area contributed by atoms with Gasteiger partial charge in [0.05, 0.1) is 7.11 Å². The molecule has 0 aliphatic carbocycles. The second kappa shape index (κ2) is 13.6. The minimum atomic E-state index is -0.647. The highest BCUT2D eigenvalue weighted by atomic mass is 35.5. The van der Waals surface area contributed by atoms with Crippen molar-refractivity contribution in [3.05, 3.63) is 81.7 Å². The van der Waals surface area contributed by atoms with E-state index in [1.165, 1.54) is 0 Å². The lowest BCUT2D eigenvalue weighted by molar-refractivity contribution is 0.113. The molecule has 1 aliphatic heterocycles. The van der Waals surface area contributed by atoms with Crippen LogP contribution in [0.2, 0.25) is 5.02 Å². The third-order valence-electron chi connectivity index (χ3n) is 6.90. The number of nitrogens with one attached hydrogen (secondary N) is 2. The van der Waals surface area contributed by atoms with Crippen molar-refractivity contribution in [3.8, 4) is 22.6 Å². The van der Waals surface area contributed by atoms with Gasteiger partial charge in [0.1, 0.15) is 28.9 Å². The van der Waals surface area contributed by atoms with E-state index in [1.54, 1.807) is 37.4 Å². The van der Waals surface area contributed by atoms with Gasteiger partial charge in [0, 0.05) is 40.3 Å². The Morgan fingerprint density at radius 1 is 1.00 bits per heavy atom. The van der Waals surface area contributed by atoms with Crippen LogP contribution in [0.3, 0.4) is 0 Å². The zero-order chi connectivity index (χ0) is 29.5. The Hall–Kier alpha value is -4.01. The van der Waals surface area contributed by atoms with Gasteiger partial charge in [0.25, 0.3) is 0 Å². The molecule has 3 aromatic carbocycles. The topological polar surface area (TPSA) is 93.0 Å². The van der Waals surface area contributed by atoms with Crippen LogP contribution in [0, 0.1) is 6.92 Å². The molecule has 0 radical (unpaired) electrons. The number of benzene rings is 3. The number of carbonyl (C=O) groups is 1. The summed E-state index contributed by atoms with van der Waals surface area (Å²) in [7, 11) is 3.68. The Labute approximate surface area is 245 Å². The predicted octanol–water partition coefficient (Wildman–Crippen LogP) is 7.57. The second-order valence-corrected chi connectivity index (χ2v) is 10.1. The number of hydrogen-bond acceptors (Lipinski definition) is 6. The van der Waals surface area contributed by atoms with E-state index < -0.39 is 11.7 Å². The number of ether oxygens (including phenoxy) is 2. The molecular formula is C32H36ClN3O5. The van der Waals surface area contributed by atoms with Crippen molar-refractivity contribution in [2.45, 2.75) is 39.7 Å². The largest absolute Gasteiger partial charge is 0.496 e. The van der Waals surface area contributed by atoms with Crippen LogP contribution in [0.15, 0.2) is 69.9 Å². The number of halogens is 1. The molecule has 0 bridgehead atoms. The third-order valence-corrected chi connectivity index (χ3v) is 7.14. The van der Waals surface area contributed by atoms with Gasteiger partial charge in [-0.25, -0.2) is 9.59 Å². The highest BCUT2D eigenvalue weighted by Gasteiger charge is 2.20. The van der Waals surface area contributed by atoms with Gasteiger partial charge < -0.3 is 29.4 Å². The standard InChI is InChI=1S/C30H30ClN3O5.C2H6/c1-18-26(38-23-11-13-34(2)14-12-23)9-7-20-16-25(29(35)39-28(18)20)33-30(36)32-22-8-10-27(37-3)24(17-22)19-5-4-6-21(31)15-19;1-2/h4-10,15-17,23H,11-14H2,1-3H3,(H2,32,33,36);1-2H3. The van der Waals surface area contributed by atoms with E-state index in [0.717, 1.165) is 42.6 Å². The number of aryl methyl sites for hydroxylation is 1. The molecule has 1 aromatic heterocycles. The SMILES string of the molecule is CC.COc1ccc(NC(=O)Nc2cc3ccc(OC4CCN(C)CC4)c(C)c3oc2=O)cc1-c1cccc(Cl)c1. The number of urea groups is 1. The van der Waals surface area contributed by atoms with Gasteiger partial charge in [-0.1, -0.05) is 37.6 Å². The van der Waals surface area contributed by atoms with Crippen LogP contribution < -0.4 is 25.7 Å². The second-order valence-electron chi connectivity index (χ2n) is 9.68. The number of fused-ring (bicyclic) bond motifs is 1. The van der Waals surface area contributed by atoms with E-state index in [0.29, 0.717) is 33.2 Å². The number of anilines is 2. The normalized spacial score (nSPS) is 13.7.